The number of halogens is 3. The van der Waals surface area contributed by atoms with Gasteiger partial charge in [-0.3, -0.25) is 19.2 Å². The lowest BCUT2D eigenvalue weighted by atomic mass is 9.33. The van der Waals surface area contributed by atoms with Crippen LogP contribution in [0.1, 0.15) is 328 Å². The Morgan fingerprint density at radius 1 is 0.480 bits per heavy atom. The molecule has 0 amide bonds. The summed E-state index contributed by atoms with van der Waals surface area (Å²) < 4.78 is 92.2. The van der Waals surface area contributed by atoms with Crippen LogP contribution in [0.2, 0.25) is 0 Å². The number of hydrogen-bond acceptors (Lipinski definition) is 15. The molecule has 20 atom stereocenters. The van der Waals surface area contributed by atoms with Crippen LogP contribution in [0.4, 0.5) is 8.78 Å². The fraction of sp³-hybridized carbons (Fsp3) is 0.846. The van der Waals surface area contributed by atoms with Crippen LogP contribution in [0, 0.1) is 113 Å². The standard InChI is InChI=1S/C52H83FN2O6S.C43H67FN2O4S.C9H17ClO2/c1-9-10-11-12-13-14-44(56)60-36-61-46(57)51(35-53)24-17-38(18-25-51)40-20-22-48(6)42(47(40,4)5)21-23-50(8)43(48)16-15-41-45-39(37(2)3)19-26-52(45,28-27-49(41,50)7)54-29-30-55-31-33-62(58,59)34-32-55;1-29(2)31-12-19-43(45-22-23-46-24-26-51(49,50)27-25-46)21-20-40(6)33(36(31)43)8-9-35-39(5)15-13-32(38(3,4)34(39)14-16-41(35,40)7)30-10-17-42(28-44,18-11-30)37(47)48;1-2-3-4-5-6-7-9(11)12-8-10/h17,20,39,41-43,45,54H,2,9-16,18-19,21-36H2,1,3-8H3;10,13,31,33-36,45H,1,8-9,11-12,14-28H2,2-7H3,(H,47,48);2-8H2,1H3/t39-,41+,42-,43+,45+,48-,49+,50+,51+,52-;31-,33+,34-,35+,36+,39-,40+,41+,42+,43-;/m00./s1. The van der Waals surface area contributed by atoms with E-state index >= 15 is 0 Å². The number of nitrogens with one attached hydrogen (secondary N) is 2. The SMILES string of the molecule is C=C(C)[C@@H]1CC[C@]2(NCCN3CCS(=O)(=O)CC3)CC[C@]3(C)[C@H](CC[C@@H]4[C@@]5(C)CC=C(C6=CC[C@@](CF)(C(=O)O)CC6)C(C)(C)[C@@H]5CC[C@]43C)[C@@H]12.C=C(C)[C@@H]1CC[C@]2(NCCN3CCS(=O)(=O)CC3)CC[C@]3(C)[C@H](CC[C@@H]4[C@@]5(C)CC=C(C6=CC[C@@](CF)(C(=O)OCOC(=O)CCCCCCC)CC6)C(C)(C)[C@@H]5CC[C@]43C)[C@@H]12.CCCCCCCC(=O)OCCl. The highest BCUT2D eigenvalue weighted by molar-refractivity contribution is 7.91. The second kappa shape index (κ2) is 39.8. The zero-order valence-corrected chi connectivity index (χ0v) is 82.4. The minimum absolute atomic E-state index is 0.0163. The third-order valence-corrected chi connectivity index (χ3v) is 42.2. The molecule has 12 aliphatic carbocycles. The molecule has 21 heteroatoms. The number of sulfone groups is 2. The van der Waals surface area contributed by atoms with E-state index in [9.17, 15) is 49.9 Å². The summed E-state index contributed by atoms with van der Waals surface area (Å²) in [6.45, 7) is 48.2. The van der Waals surface area contributed by atoms with Crippen LogP contribution < -0.4 is 10.6 Å². The first-order valence-corrected chi connectivity index (χ1v) is 54.0. The van der Waals surface area contributed by atoms with Gasteiger partial charge in [-0.05, 0) is 306 Å². The van der Waals surface area contributed by atoms with Crippen LogP contribution in [0.3, 0.4) is 0 Å². The first kappa shape index (κ1) is 100. The second-order valence-electron chi connectivity index (χ2n) is 45.6. The maximum atomic E-state index is 14.8. The smallest absolute Gasteiger partial charge is 0.317 e. The third-order valence-electron chi connectivity index (χ3n) is 38.9. The number of unbranched alkanes of at least 4 members (excludes halogenated alkanes) is 8. The molecular formula is C104H167ClF2N4O12S2. The van der Waals surface area contributed by atoms with E-state index in [1.165, 1.54) is 155 Å². The molecule has 0 aromatic rings. The molecule has 0 radical (unpaired) electrons. The van der Waals surface area contributed by atoms with Gasteiger partial charge in [0.15, 0.2) is 25.7 Å². The summed E-state index contributed by atoms with van der Waals surface area (Å²) in [5, 5.41) is 18.2. The van der Waals surface area contributed by atoms with Crippen molar-refractivity contribution in [2.24, 2.45) is 113 Å². The first-order chi connectivity index (χ1) is 59.0. The predicted molar refractivity (Wildman–Crippen MR) is 501 cm³/mol. The quantitative estimate of drug-likeness (QED) is 0.0193. The van der Waals surface area contributed by atoms with Crippen molar-refractivity contribution < 1.29 is 64.1 Å². The Hall–Kier alpha value is -3.79. The normalized spacial score (nSPS) is 39.5. The molecule has 0 bridgehead atoms. The van der Waals surface area contributed by atoms with Crippen molar-refractivity contribution in [1.82, 2.24) is 20.4 Å². The lowest BCUT2D eigenvalue weighted by molar-refractivity contribution is -0.221. The summed E-state index contributed by atoms with van der Waals surface area (Å²) >= 11 is 5.22. The average molecular weight is 1800 g/mol. The maximum Gasteiger partial charge on any atom is 0.317 e. The minimum atomic E-state index is -2.88. The van der Waals surface area contributed by atoms with Gasteiger partial charge in [0.05, 0.1) is 28.4 Å². The number of carbonyl (C=O) groups excluding carboxylic acids is 3. The van der Waals surface area contributed by atoms with Gasteiger partial charge in [0.1, 0.15) is 18.8 Å². The predicted octanol–water partition coefficient (Wildman–Crippen LogP) is 22.2. The van der Waals surface area contributed by atoms with Gasteiger partial charge < -0.3 is 39.8 Å². The number of carboxylic acid groups (broad SMARTS) is 1. The molecule has 0 aromatic carbocycles. The number of hydrogen-bond donors (Lipinski definition) is 3. The van der Waals surface area contributed by atoms with Crippen molar-refractivity contribution in [2.75, 3.05) is 102 Å². The molecule has 0 aromatic heterocycles. The fourth-order valence-corrected chi connectivity index (χ4v) is 34.0. The molecule has 0 unspecified atom stereocenters. The average Bonchev–Trinajstić information content (AvgIpc) is 1.65. The highest BCUT2D eigenvalue weighted by Crippen LogP contribution is 2.79. The molecular weight excluding hydrogens is 1630 g/mol. The summed E-state index contributed by atoms with van der Waals surface area (Å²) in [6, 6.07) is -0.0200. The van der Waals surface area contributed by atoms with Crippen LogP contribution in [-0.2, 0) is 53.1 Å². The Morgan fingerprint density at radius 3 is 1.25 bits per heavy atom. The van der Waals surface area contributed by atoms with E-state index in [2.05, 4.69) is 160 Å². The van der Waals surface area contributed by atoms with Gasteiger partial charge in [-0.15, -0.1) is 0 Å². The zero-order valence-electron chi connectivity index (χ0n) is 80.0. The van der Waals surface area contributed by atoms with Gasteiger partial charge in [0.25, 0.3) is 0 Å². The summed E-state index contributed by atoms with van der Waals surface area (Å²) in [4.78, 5) is 53.0. The number of allylic oxidation sites excluding steroid dienone is 10. The Kier molecular flexibility index (Phi) is 31.9. The molecule has 14 aliphatic rings. The van der Waals surface area contributed by atoms with Crippen LogP contribution in [0.25, 0.3) is 0 Å². The van der Waals surface area contributed by atoms with Crippen molar-refractivity contribution in [3.8, 4) is 0 Å². The van der Waals surface area contributed by atoms with Gasteiger partial charge in [-0.25, -0.2) is 25.6 Å². The summed E-state index contributed by atoms with van der Waals surface area (Å²) in [5.74, 6) is 4.88. The van der Waals surface area contributed by atoms with E-state index in [1.54, 1.807) is 0 Å². The number of esters is 3. The topological polar surface area (TPSA) is 215 Å². The Morgan fingerprint density at radius 2 is 0.880 bits per heavy atom. The fourth-order valence-electron chi connectivity index (χ4n) is 31.4. The molecule has 0 spiro atoms. The number of nitrogens with zero attached hydrogens (tertiary/aromatic N) is 2. The third kappa shape index (κ3) is 19.5. The molecule has 708 valence electrons. The highest BCUT2D eigenvalue weighted by atomic mass is 35.5. The number of alkyl halides is 3. The van der Waals surface area contributed by atoms with Crippen LogP contribution in [0.15, 0.2) is 70.9 Å². The molecule has 8 saturated carbocycles. The monoisotopic (exact) mass is 1800 g/mol. The summed E-state index contributed by atoms with van der Waals surface area (Å²) in [7, 11) is -5.75. The lowest BCUT2D eigenvalue weighted by Crippen LogP contribution is -2.68. The van der Waals surface area contributed by atoms with Crippen LogP contribution in [-0.4, -0.2) is 168 Å². The number of fused-ring (bicyclic) bond motifs is 14. The van der Waals surface area contributed by atoms with Gasteiger partial charge in [0.2, 0.25) is 6.79 Å². The largest absolute Gasteiger partial charge is 0.481 e. The number of aliphatic carboxylic acids is 1. The molecule has 16 nitrogen and oxygen atoms in total. The summed E-state index contributed by atoms with van der Waals surface area (Å²) in [5.41, 5.74) is 7.06. The van der Waals surface area contributed by atoms with E-state index in [1.807, 2.05) is 0 Å². The molecule has 3 N–H and O–H groups in total. The molecule has 10 fully saturated rings. The number of carboxylic acids is 1. The van der Waals surface area contributed by atoms with Crippen molar-refractivity contribution in [1.29, 1.82) is 0 Å². The Balaban J connectivity index is 0.000000204. The van der Waals surface area contributed by atoms with Gasteiger partial charge >= 0.3 is 23.9 Å². The Bertz CT molecular complexity index is 4210. The van der Waals surface area contributed by atoms with E-state index < -0.39 is 62.6 Å². The van der Waals surface area contributed by atoms with Gasteiger partial charge in [-0.2, -0.15) is 0 Å². The molecule has 2 aliphatic heterocycles. The van der Waals surface area contributed by atoms with Crippen molar-refractivity contribution in [3.05, 3.63) is 70.9 Å². The maximum absolute atomic E-state index is 14.8. The first-order valence-electron chi connectivity index (χ1n) is 49.9. The van der Waals surface area contributed by atoms with Crippen molar-refractivity contribution in [3.63, 3.8) is 0 Å². The highest BCUT2D eigenvalue weighted by Gasteiger charge is 2.73. The second-order valence-corrected chi connectivity index (χ2v) is 50.5. The number of carbonyl (C=O) groups is 4. The van der Waals surface area contributed by atoms with E-state index in [0.29, 0.717) is 142 Å². The van der Waals surface area contributed by atoms with E-state index in [0.717, 1.165) is 84.0 Å². The summed E-state index contributed by atoms with van der Waals surface area (Å²) in [6.07, 6.45) is 45.5. The zero-order chi connectivity index (χ0) is 90.8. The molecule has 2 heterocycles. The van der Waals surface area contributed by atoms with Crippen LogP contribution in [0.5, 0.6) is 0 Å². The van der Waals surface area contributed by atoms with Crippen LogP contribution >= 0.6 is 11.6 Å². The van der Waals surface area contributed by atoms with Gasteiger partial charge in [0, 0.05) is 76.3 Å². The molecule has 14 rings (SSSR count). The van der Waals surface area contributed by atoms with E-state index in [-0.39, 0.29) is 90.3 Å². The van der Waals surface area contributed by atoms with Crippen molar-refractivity contribution in [2.45, 2.75) is 339 Å². The van der Waals surface area contributed by atoms with Crippen molar-refractivity contribution >= 4 is 55.2 Å². The van der Waals surface area contributed by atoms with Gasteiger partial charge in [-0.1, -0.05) is 195 Å². The lowest BCUT2D eigenvalue weighted by Gasteiger charge is -2.72. The minimum Gasteiger partial charge on any atom is -0.481 e. The number of ether oxygens (including phenoxy) is 3. The Labute approximate surface area is 759 Å². The molecule has 2 saturated heterocycles. The number of rotatable bonds is 31. The molecule has 125 heavy (non-hydrogen) atoms. The van der Waals surface area contributed by atoms with E-state index in [4.69, 9.17) is 21.1 Å².